The number of methoxy groups -OCH3 is 1. The topological polar surface area (TPSA) is 47.7 Å². The lowest BCUT2D eigenvalue weighted by molar-refractivity contribution is 0.229. The fourth-order valence-corrected chi connectivity index (χ4v) is 3.54. The van der Waals surface area contributed by atoms with E-state index in [9.17, 15) is 0 Å². The summed E-state index contributed by atoms with van der Waals surface area (Å²) in [5, 5.41) is 0. The molecule has 1 fully saturated rings. The van der Waals surface area contributed by atoms with Crippen molar-refractivity contribution in [2.24, 2.45) is 11.7 Å². The van der Waals surface area contributed by atoms with Crippen LogP contribution in [0.4, 0.5) is 0 Å². The fraction of sp³-hybridized carbons (Fsp3) is 0.625. The number of rotatable bonds is 5. The SMILES string of the molecule is COc1cc(C2CC(CN)CN2C)c(Br)cc1OC(C)C. The second-order valence-corrected chi connectivity index (χ2v) is 6.84. The summed E-state index contributed by atoms with van der Waals surface area (Å²) in [6, 6.07) is 4.47. The Hall–Kier alpha value is -0.780. The van der Waals surface area contributed by atoms with Gasteiger partial charge in [-0.05, 0) is 57.5 Å². The van der Waals surface area contributed by atoms with Crippen LogP contribution < -0.4 is 15.2 Å². The Morgan fingerprint density at radius 3 is 2.62 bits per heavy atom. The van der Waals surface area contributed by atoms with E-state index in [0.29, 0.717) is 12.0 Å². The van der Waals surface area contributed by atoms with Crippen molar-refractivity contribution in [2.45, 2.75) is 32.4 Å². The van der Waals surface area contributed by atoms with Gasteiger partial charge in [-0.1, -0.05) is 15.9 Å². The van der Waals surface area contributed by atoms with Crippen LogP contribution in [0.15, 0.2) is 16.6 Å². The van der Waals surface area contributed by atoms with E-state index in [1.165, 1.54) is 5.56 Å². The van der Waals surface area contributed by atoms with E-state index in [2.05, 4.69) is 33.9 Å². The lowest BCUT2D eigenvalue weighted by Crippen LogP contribution is -2.20. The van der Waals surface area contributed by atoms with Crippen molar-refractivity contribution in [1.29, 1.82) is 0 Å². The Morgan fingerprint density at radius 2 is 2.10 bits per heavy atom. The molecule has 0 saturated carbocycles. The van der Waals surface area contributed by atoms with E-state index in [1.54, 1.807) is 7.11 Å². The summed E-state index contributed by atoms with van der Waals surface area (Å²) in [7, 11) is 3.83. The van der Waals surface area contributed by atoms with E-state index in [1.807, 2.05) is 19.9 Å². The lowest BCUT2D eigenvalue weighted by Gasteiger charge is -2.23. The molecule has 2 N–H and O–H groups in total. The Bertz CT molecular complexity index is 493. The maximum Gasteiger partial charge on any atom is 0.162 e. The zero-order valence-corrected chi connectivity index (χ0v) is 14.8. The molecule has 0 aliphatic carbocycles. The van der Waals surface area contributed by atoms with Crippen LogP contribution in [0, 0.1) is 5.92 Å². The highest BCUT2D eigenvalue weighted by atomic mass is 79.9. The fourth-order valence-electron chi connectivity index (χ4n) is 2.95. The van der Waals surface area contributed by atoms with Crippen LogP contribution in [0.2, 0.25) is 0 Å². The van der Waals surface area contributed by atoms with Crippen LogP contribution in [0.25, 0.3) is 0 Å². The summed E-state index contributed by atoms with van der Waals surface area (Å²) in [5.74, 6) is 2.12. The number of ether oxygens (including phenoxy) is 2. The summed E-state index contributed by atoms with van der Waals surface area (Å²) in [6.07, 6.45) is 1.20. The monoisotopic (exact) mass is 356 g/mol. The first kappa shape index (κ1) is 16.6. The third kappa shape index (κ3) is 3.71. The molecule has 21 heavy (non-hydrogen) atoms. The van der Waals surface area contributed by atoms with Crippen molar-refractivity contribution in [3.05, 3.63) is 22.2 Å². The number of hydrogen-bond donors (Lipinski definition) is 1. The van der Waals surface area contributed by atoms with Gasteiger partial charge in [0, 0.05) is 17.1 Å². The highest BCUT2D eigenvalue weighted by molar-refractivity contribution is 9.10. The molecule has 1 aliphatic heterocycles. The van der Waals surface area contributed by atoms with Gasteiger partial charge in [-0.15, -0.1) is 0 Å². The Balaban J connectivity index is 2.32. The van der Waals surface area contributed by atoms with Gasteiger partial charge in [-0.25, -0.2) is 0 Å². The van der Waals surface area contributed by atoms with E-state index in [-0.39, 0.29) is 6.10 Å². The predicted molar refractivity (Wildman–Crippen MR) is 89.0 cm³/mol. The number of halogens is 1. The molecule has 2 unspecified atom stereocenters. The summed E-state index contributed by atoms with van der Waals surface area (Å²) < 4.78 is 12.4. The van der Waals surface area contributed by atoms with Crippen LogP contribution in [0.3, 0.4) is 0 Å². The molecule has 4 nitrogen and oxygen atoms in total. The molecule has 0 aromatic heterocycles. The van der Waals surface area contributed by atoms with E-state index < -0.39 is 0 Å². The molecular weight excluding hydrogens is 332 g/mol. The maximum atomic E-state index is 5.83. The maximum absolute atomic E-state index is 5.83. The second kappa shape index (κ2) is 6.99. The Labute approximate surface area is 135 Å². The zero-order valence-electron chi connectivity index (χ0n) is 13.2. The number of nitrogens with two attached hydrogens (primary N) is 1. The Morgan fingerprint density at radius 1 is 1.38 bits per heavy atom. The lowest BCUT2D eigenvalue weighted by atomic mass is 9.99. The summed E-state index contributed by atoms with van der Waals surface area (Å²) in [5.41, 5.74) is 7.06. The minimum Gasteiger partial charge on any atom is -0.493 e. The van der Waals surface area contributed by atoms with Crippen molar-refractivity contribution >= 4 is 15.9 Å². The first-order valence-electron chi connectivity index (χ1n) is 7.40. The van der Waals surface area contributed by atoms with Crippen molar-refractivity contribution < 1.29 is 9.47 Å². The van der Waals surface area contributed by atoms with Gasteiger partial charge >= 0.3 is 0 Å². The molecule has 1 aliphatic rings. The van der Waals surface area contributed by atoms with E-state index in [0.717, 1.165) is 35.5 Å². The number of nitrogens with zero attached hydrogens (tertiary/aromatic N) is 1. The molecule has 1 saturated heterocycles. The third-order valence-corrected chi connectivity index (χ3v) is 4.66. The molecule has 5 heteroatoms. The quantitative estimate of drug-likeness (QED) is 0.879. The van der Waals surface area contributed by atoms with Crippen LogP contribution in [-0.4, -0.2) is 38.3 Å². The number of hydrogen-bond acceptors (Lipinski definition) is 4. The summed E-state index contributed by atoms with van der Waals surface area (Å²) >= 11 is 3.69. The normalized spacial score (nSPS) is 22.8. The molecule has 2 rings (SSSR count). The van der Waals surface area contributed by atoms with Crippen LogP contribution in [0.5, 0.6) is 11.5 Å². The smallest absolute Gasteiger partial charge is 0.162 e. The van der Waals surface area contributed by atoms with Gasteiger partial charge in [-0.3, -0.25) is 4.90 Å². The third-order valence-electron chi connectivity index (χ3n) is 3.97. The molecule has 2 atom stereocenters. The van der Waals surface area contributed by atoms with Gasteiger partial charge in [0.25, 0.3) is 0 Å². The highest BCUT2D eigenvalue weighted by Crippen LogP contribution is 2.42. The summed E-state index contributed by atoms with van der Waals surface area (Å²) in [4.78, 5) is 2.36. The summed E-state index contributed by atoms with van der Waals surface area (Å²) in [6.45, 7) is 5.81. The van der Waals surface area contributed by atoms with Gasteiger partial charge in [0.05, 0.1) is 13.2 Å². The van der Waals surface area contributed by atoms with Crippen LogP contribution in [0.1, 0.15) is 31.9 Å². The van der Waals surface area contributed by atoms with Crippen molar-refractivity contribution in [3.63, 3.8) is 0 Å². The zero-order chi connectivity index (χ0) is 15.6. The van der Waals surface area contributed by atoms with Gasteiger partial charge < -0.3 is 15.2 Å². The average Bonchev–Trinajstić information content (AvgIpc) is 2.79. The molecule has 0 radical (unpaired) electrons. The highest BCUT2D eigenvalue weighted by Gasteiger charge is 2.31. The Kier molecular flexibility index (Phi) is 5.52. The number of likely N-dealkylation sites (tertiary alicyclic amines) is 1. The van der Waals surface area contributed by atoms with Gasteiger partial charge in [0.15, 0.2) is 11.5 Å². The minimum atomic E-state index is 0.118. The molecular formula is C16H25BrN2O2. The van der Waals surface area contributed by atoms with E-state index >= 15 is 0 Å². The van der Waals surface area contributed by atoms with Crippen molar-refractivity contribution in [1.82, 2.24) is 4.90 Å². The van der Waals surface area contributed by atoms with Gasteiger partial charge in [0.1, 0.15) is 0 Å². The second-order valence-electron chi connectivity index (χ2n) is 5.98. The van der Waals surface area contributed by atoms with Gasteiger partial charge in [0.2, 0.25) is 0 Å². The molecule has 0 spiro atoms. The van der Waals surface area contributed by atoms with Crippen LogP contribution in [-0.2, 0) is 0 Å². The average molecular weight is 357 g/mol. The molecule has 1 aromatic rings. The minimum absolute atomic E-state index is 0.118. The standard InChI is InChI=1S/C16H25BrN2O2/c1-10(2)21-16-7-13(17)12(6-15(16)20-4)14-5-11(8-18)9-19(14)3/h6-7,10-11,14H,5,8-9,18H2,1-4H3. The van der Waals surface area contributed by atoms with Crippen molar-refractivity contribution in [3.8, 4) is 11.5 Å². The molecule has 0 amide bonds. The first-order valence-corrected chi connectivity index (χ1v) is 8.20. The first-order chi connectivity index (χ1) is 9.96. The number of benzene rings is 1. The van der Waals surface area contributed by atoms with Gasteiger partial charge in [-0.2, -0.15) is 0 Å². The van der Waals surface area contributed by atoms with E-state index in [4.69, 9.17) is 15.2 Å². The molecule has 1 aromatic carbocycles. The largest absolute Gasteiger partial charge is 0.493 e. The van der Waals surface area contributed by atoms with Crippen molar-refractivity contribution in [2.75, 3.05) is 27.2 Å². The predicted octanol–water partition coefficient (Wildman–Crippen LogP) is 3.20. The molecule has 0 bridgehead atoms. The molecule has 118 valence electrons. The van der Waals surface area contributed by atoms with Crippen LogP contribution >= 0.6 is 15.9 Å². The molecule has 1 heterocycles.